The second-order valence-corrected chi connectivity index (χ2v) is 25.4. The van der Waals surface area contributed by atoms with Crippen LogP contribution in [0.1, 0.15) is 126 Å². The van der Waals surface area contributed by atoms with Crippen molar-refractivity contribution in [2.75, 3.05) is 0 Å². The van der Waals surface area contributed by atoms with Gasteiger partial charge in [-0.25, -0.2) is 19.9 Å². The van der Waals surface area contributed by atoms with E-state index in [0.717, 1.165) is 101 Å². The molecule has 0 N–H and O–H groups in total. The van der Waals surface area contributed by atoms with Crippen LogP contribution in [0.4, 0.5) is 0 Å². The minimum Gasteiger partial charge on any atom is -0.228 e. The SMILES string of the molecule is CCCCCCCCC1(CCCCCCCC)c2cc(C)ccc2-c2ccc(-c3cc(-c4ccc(-c5ccc(-c6cc(C)cc(-c7nc(-c8ccccc8)cc(-c8ccccc8)n7)c6)cc5)cc4)cc(-c4nc(-c5ccccc5)cc(-c5ccccc5)n4)c3)cc21. The van der Waals surface area contributed by atoms with E-state index < -0.39 is 0 Å². The first-order chi connectivity index (χ1) is 44.8. The number of benzene rings is 10. The fourth-order valence-corrected chi connectivity index (χ4v) is 13.9. The minimum atomic E-state index is -0.0467. The molecular formula is C87H82N4. The van der Waals surface area contributed by atoms with Crippen molar-refractivity contribution in [3.63, 3.8) is 0 Å². The van der Waals surface area contributed by atoms with Crippen molar-refractivity contribution in [2.24, 2.45) is 0 Å². The van der Waals surface area contributed by atoms with Crippen LogP contribution in [0.5, 0.6) is 0 Å². The summed E-state index contributed by atoms with van der Waals surface area (Å²) in [5, 5.41) is 0. The lowest BCUT2D eigenvalue weighted by atomic mass is 9.70. The Balaban J connectivity index is 0.872. The Kier molecular flexibility index (Phi) is 18.6. The number of fused-ring (bicyclic) bond motifs is 3. The first kappa shape index (κ1) is 60.3. The zero-order valence-corrected chi connectivity index (χ0v) is 53.4. The highest BCUT2D eigenvalue weighted by Crippen LogP contribution is 2.55. The van der Waals surface area contributed by atoms with Gasteiger partial charge in [0, 0.05) is 38.8 Å². The molecule has 4 heteroatoms. The maximum atomic E-state index is 5.43. The summed E-state index contributed by atoms with van der Waals surface area (Å²) in [6.45, 7) is 9.08. The van der Waals surface area contributed by atoms with Gasteiger partial charge >= 0.3 is 0 Å². The van der Waals surface area contributed by atoms with Crippen LogP contribution in [-0.2, 0) is 5.41 Å². The first-order valence-electron chi connectivity index (χ1n) is 33.5. The average molecular weight is 1180 g/mol. The summed E-state index contributed by atoms with van der Waals surface area (Å²) in [5.41, 5.74) is 27.4. The number of hydrogen-bond acceptors (Lipinski definition) is 4. The molecule has 91 heavy (non-hydrogen) atoms. The Bertz CT molecular complexity index is 4290. The highest BCUT2D eigenvalue weighted by atomic mass is 14.9. The quantitative estimate of drug-likeness (QED) is 0.0566. The number of rotatable bonds is 24. The summed E-state index contributed by atoms with van der Waals surface area (Å²) < 4.78 is 0. The van der Waals surface area contributed by atoms with Crippen LogP contribution in [0.3, 0.4) is 0 Å². The van der Waals surface area contributed by atoms with Gasteiger partial charge in [-0.15, -0.1) is 0 Å². The van der Waals surface area contributed by atoms with Crippen LogP contribution < -0.4 is 0 Å². The molecule has 0 spiro atoms. The van der Waals surface area contributed by atoms with Gasteiger partial charge in [-0.2, -0.15) is 0 Å². The van der Waals surface area contributed by atoms with E-state index in [4.69, 9.17) is 19.9 Å². The van der Waals surface area contributed by atoms with Crippen molar-refractivity contribution in [2.45, 2.75) is 123 Å². The molecule has 1 aliphatic carbocycles. The smallest absolute Gasteiger partial charge is 0.160 e. The molecule has 0 saturated heterocycles. The molecule has 0 unspecified atom stereocenters. The Labute approximate surface area is 540 Å². The molecular weight excluding hydrogens is 1100 g/mol. The predicted octanol–water partition coefficient (Wildman–Crippen LogP) is 24.3. The van der Waals surface area contributed by atoms with Gasteiger partial charge in [-0.1, -0.05) is 303 Å². The molecule has 1 aliphatic rings. The van der Waals surface area contributed by atoms with E-state index in [2.05, 4.69) is 270 Å². The third kappa shape index (κ3) is 13.6. The number of nitrogens with zero attached hydrogens (tertiary/aromatic N) is 4. The lowest BCUT2D eigenvalue weighted by molar-refractivity contribution is 0.398. The summed E-state index contributed by atoms with van der Waals surface area (Å²) in [6.07, 6.45) is 17.8. The van der Waals surface area contributed by atoms with Crippen LogP contribution in [0, 0.1) is 13.8 Å². The van der Waals surface area contributed by atoms with Gasteiger partial charge in [0.1, 0.15) is 0 Å². The number of aromatic nitrogens is 4. The second-order valence-electron chi connectivity index (χ2n) is 25.4. The van der Waals surface area contributed by atoms with E-state index in [1.165, 1.54) is 118 Å². The second kappa shape index (κ2) is 28.0. The normalized spacial score (nSPS) is 12.2. The average Bonchev–Trinajstić information content (AvgIpc) is 1.58. The third-order valence-electron chi connectivity index (χ3n) is 18.8. The molecule has 0 radical (unpaired) electrons. The lowest BCUT2D eigenvalue weighted by Crippen LogP contribution is -2.25. The molecule has 0 bridgehead atoms. The van der Waals surface area contributed by atoms with Crippen LogP contribution >= 0.6 is 0 Å². The lowest BCUT2D eigenvalue weighted by Gasteiger charge is -2.33. The molecule has 4 nitrogen and oxygen atoms in total. The van der Waals surface area contributed by atoms with E-state index >= 15 is 0 Å². The molecule has 450 valence electrons. The number of hydrogen-bond donors (Lipinski definition) is 0. The zero-order chi connectivity index (χ0) is 61.9. The summed E-state index contributed by atoms with van der Waals surface area (Å²) in [6, 6.07) is 92.7. The molecule has 12 aromatic rings. The van der Waals surface area contributed by atoms with Gasteiger partial charge in [0.25, 0.3) is 0 Å². The van der Waals surface area contributed by atoms with E-state index in [1.807, 2.05) is 12.1 Å². The third-order valence-corrected chi connectivity index (χ3v) is 18.8. The number of unbranched alkanes of at least 4 members (excludes halogenated alkanes) is 10. The van der Waals surface area contributed by atoms with Gasteiger partial charge in [0.15, 0.2) is 11.6 Å². The van der Waals surface area contributed by atoms with E-state index in [9.17, 15) is 0 Å². The standard InChI is InChI=1S/C87H82N4/c1-5-7-9-11-13-27-49-87(50-28-14-12-10-8-6-2)79-53-61(3)37-47-77(79)78-48-46-71(58-80(78)87)74-54-73(56-76(57-74)86-90-83(69-33-23-17-24-34-69)60-84(91-86)70-35-25-18-26-36-70)66-44-40-64(41-45-66)63-38-42-65(43-39-63)72-51-62(4)52-75(55-72)85-88-81(67-29-19-15-20-30-67)59-82(89-85)68-31-21-16-22-32-68/h15-26,29-48,51-60H,5-14,27-28,49-50H2,1-4H3. The summed E-state index contributed by atoms with van der Waals surface area (Å²) in [4.78, 5) is 21.2. The molecule has 0 fully saturated rings. The van der Waals surface area contributed by atoms with Crippen molar-refractivity contribution in [1.29, 1.82) is 0 Å². The predicted molar refractivity (Wildman–Crippen MR) is 384 cm³/mol. The van der Waals surface area contributed by atoms with Crippen LogP contribution in [-0.4, -0.2) is 19.9 Å². The Hall–Kier alpha value is -9.64. The first-order valence-corrected chi connectivity index (χ1v) is 33.5. The maximum absolute atomic E-state index is 5.43. The molecule has 0 atom stereocenters. The fourth-order valence-electron chi connectivity index (χ4n) is 13.9. The molecule has 2 heterocycles. The highest BCUT2D eigenvalue weighted by Gasteiger charge is 2.42. The summed E-state index contributed by atoms with van der Waals surface area (Å²) in [7, 11) is 0. The van der Waals surface area contributed by atoms with Gasteiger partial charge in [-0.05, 0) is 148 Å². The van der Waals surface area contributed by atoms with Crippen molar-refractivity contribution in [1.82, 2.24) is 19.9 Å². The molecule has 2 aromatic heterocycles. The molecule has 0 aliphatic heterocycles. The molecule has 0 amide bonds. The molecule has 0 saturated carbocycles. The highest BCUT2D eigenvalue weighted by molar-refractivity contribution is 5.87. The van der Waals surface area contributed by atoms with Gasteiger partial charge in [0.2, 0.25) is 0 Å². The van der Waals surface area contributed by atoms with Crippen molar-refractivity contribution < 1.29 is 0 Å². The largest absolute Gasteiger partial charge is 0.228 e. The van der Waals surface area contributed by atoms with E-state index in [1.54, 1.807) is 5.56 Å². The van der Waals surface area contributed by atoms with Gasteiger partial charge in [-0.3, -0.25) is 0 Å². The number of aryl methyl sites for hydroxylation is 2. The monoisotopic (exact) mass is 1180 g/mol. The topological polar surface area (TPSA) is 51.6 Å². The minimum absolute atomic E-state index is 0.0467. The summed E-state index contributed by atoms with van der Waals surface area (Å²) >= 11 is 0. The van der Waals surface area contributed by atoms with E-state index in [-0.39, 0.29) is 5.41 Å². The zero-order valence-electron chi connectivity index (χ0n) is 53.4. The van der Waals surface area contributed by atoms with Crippen LogP contribution in [0.25, 0.3) is 123 Å². The molecule has 10 aromatic carbocycles. The van der Waals surface area contributed by atoms with Crippen LogP contribution in [0.15, 0.2) is 255 Å². The Morgan fingerprint density at radius 2 is 0.560 bits per heavy atom. The van der Waals surface area contributed by atoms with E-state index in [0.29, 0.717) is 11.6 Å². The fraction of sp³-hybridized carbons (Fsp3) is 0.218. The van der Waals surface area contributed by atoms with Gasteiger partial charge < -0.3 is 0 Å². The van der Waals surface area contributed by atoms with Crippen molar-refractivity contribution >= 4 is 0 Å². The van der Waals surface area contributed by atoms with Crippen molar-refractivity contribution in [3.05, 3.63) is 277 Å². The Morgan fingerprint density at radius 1 is 0.242 bits per heavy atom. The summed E-state index contributed by atoms with van der Waals surface area (Å²) in [5.74, 6) is 1.41. The molecule has 13 rings (SSSR count). The Morgan fingerprint density at radius 3 is 0.989 bits per heavy atom. The van der Waals surface area contributed by atoms with Gasteiger partial charge in [0.05, 0.1) is 22.8 Å². The van der Waals surface area contributed by atoms with Crippen molar-refractivity contribution in [3.8, 4) is 123 Å². The maximum Gasteiger partial charge on any atom is 0.160 e. The van der Waals surface area contributed by atoms with Crippen LogP contribution in [0.2, 0.25) is 0 Å².